The monoisotopic (exact) mass is 388 g/mol. The Morgan fingerprint density at radius 3 is 2.36 bits per heavy atom. The number of allylic oxidation sites excluding steroid dienone is 1. The summed E-state index contributed by atoms with van der Waals surface area (Å²) >= 11 is 0. The molecule has 0 saturated carbocycles. The average Bonchev–Trinajstić information content (AvgIpc) is 3.14. The molecule has 3 fully saturated rings. The minimum atomic E-state index is -0.291. The Labute approximate surface area is 169 Å². The smallest absolute Gasteiger partial charge is 0.300 e. The second-order valence-corrected chi connectivity index (χ2v) is 8.09. The van der Waals surface area contributed by atoms with E-state index in [0.717, 1.165) is 64.4 Å². The van der Waals surface area contributed by atoms with E-state index in [1.54, 1.807) is 0 Å². The van der Waals surface area contributed by atoms with Gasteiger partial charge < -0.3 is 19.6 Å². The fourth-order valence-corrected chi connectivity index (χ4v) is 4.85. The molecule has 3 aliphatic heterocycles. The molecule has 0 bridgehead atoms. The lowest BCUT2D eigenvalue weighted by Gasteiger charge is -2.38. The molecule has 0 unspecified atom stereocenters. The van der Waals surface area contributed by atoms with E-state index in [1.165, 1.54) is 32.4 Å². The zero-order valence-electron chi connectivity index (χ0n) is 17.0. The van der Waals surface area contributed by atoms with Gasteiger partial charge in [-0.2, -0.15) is 0 Å². The summed E-state index contributed by atoms with van der Waals surface area (Å²) in [5.41, 5.74) is 0.224. The predicted octanol–water partition coefficient (Wildman–Crippen LogP) is 2.53. The highest BCUT2D eigenvalue weighted by Gasteiger charge is 2.34. The second-order valence-electron chi connectivity index (χ2n) is 8.09. The van der Waals surface area contributed by atoms with Crippen LogP contribution in [0.2, 0.25) is 0 Å². The second kappa shape index (κ2) is 10.6. The largest absolute Gasteiger partial charge is 0.365 e. The molecule has 0 aromatic carbocycles. The fraction of sp³-hybridized carbons (Fsp3) is 0.810. The molecule has 3 aliphatic rings. The summed E-state index contributed by atoms with van der Waals surface area (Å²) in [7, 11) is 0. The Morgan fingerprint density at radius 1 is 1.00 bits per heavy atom. The van der Waals surface area contributed by atoms with E-state index >= 15 is 0 Å². The lowest BCUT2D eigenvalue weighted by atomic mass is 10.0. The minimum Gasteiger partial charge on any atom is -0.365 e. The number of halogens is 1. The van der Waals surface area contributed by atoms with Crippen LogP contribution in [-0.2, 0) is 0 Å². The van der Waals surface area contributed by atoms with Gasteiger partial charge in [0.05, 0.1) is 12.6 Å². The molecule has 3 saturated heterocycles. The zero-order chi connectivity index (χ0) is 19.8. The maximum Gasteiger partial charge on any atom is 0.300 e. The summed E-state index contributed by atoms with van der Waals surface area (Å²) in [6.45, 7) is 15.7. The normalized spacial score (nSPS) is 24.2. The Bertz CT molecular complexity index is 591. The molecule has 6 nitrogen and oxygen atoms in total. The van der Waals surface area contributed by atoms with Gasteiger partial charge in [-0.15, -0.1) is 0 Å². The molecule has 0 spiro atoms. The molecule has 154 valence electrons. The summed E-state index contributed by atoms with van der Waals surface area (Å²) in [5, 5.41) is 9.53. The van der Waals surface area contributed by atoms with Crippen LogP contribution >= 0.6 is 0 Å². The van der Waals surface area contributed by atoms with Crippen molar-refractivity contribution in [2.75, 3.05) is 65.6 Å². The quantitative estimate of drug-likeness (QED) is 0.495. The van der Waals surface area contributed by atoms with Crippen LogP contribution in [-0.4, -0.2) is 91.2 Å². The van der Waals surface area contributed by atoms with Gasteiger partial charge in [-0.05, 0) is 51.7 Å². The molecular weight excluding hydrogens is 355 g/mol. The van der Waals surface area contributed by atoms with Crippen molar-refractivity contribution in [3.63, 3.8) is 0 Å². The molecule has 0 N–H and O–H groups in total. The molecule has 0 atom stereocenters. The van der Waals surface area contributed by atoms with Crippen molar-refractivity contribution in [3.8, 4) is 6.07 Å². The molecule has 0 radical (unpaired) electrons. The predicted molar refractivity (Wildman–Crippen MR) is 108 cm³/mol. The van der Waals surface area contributed by atoms with Gasteiger partial charge in [0.1, 0.15) is 12.5 Å². The average molecular weight is 389 g/mol. The summed E-state index contributed by atoms with van der Waals surface area (Å²) < 4.78 is 12.6. The van der Waals surface area contributed by atoms with E-state index in [2.05, 4.69) is 30.5 Å². The number of hydrogen-bond acceptors (Lipinski definition) is 5. The van der Waals surface area contributed by atoms with E-state index in [9.17, 15) is 9.65 Å². The highest BCUT2D eigenvalue weighted by Crippen LogP contribution is 2.29. The lowest BCUT2D eigenvalue weighted by Crippen LogP contribution is -2.44. The Balaban J connectivity index is 1.60. The highest BCUT2D eigenvalue weighted by molar-refractivity contribution is 5.34. The molecular formula is C21H33FN6. The number of hydrogen-bond donors (Lipinski definition) is 0. The lowest BCUT2D eigenvalue weighted by molar-refractivity contribution is 0.132. The first-order chi connectivity index (χ1) is 13.8. The van der Waals surface area contributed by atoms with Gasteiger partial charge >= 0.3 is 5.70 Å². The standard InChI is InChI=1S/C21H33FN6/c1-24-20(18-23)21-27(12-5-11-25-9-3-2-4-10-25)16-17-28(21)19-6-13-26(14-7-19)15-8-22/h19H,2-17H2/b21-20+. The first-order valence-electron chi connectivity index (χ1n) is 10.8. The van der Waals surface area contributed by atoms with Crippen molar-refractivity contribution in [2.45, 2.75) is 44.6 Å². The van der Waals surface area contributed by atoms with Crippen LogP contribution < -0.4 is 0 Å². The minimum absolute atomic E-state index is 0.224. The number of nitrogens with zero attached hydrogens (tertiary/aromatic N) is 6. The van der Waals surface area contributed by atoms with E-state index in [1.807, 2.05) is 0 Å². The van der Waals surface area contributed by atoms with E-state index in [0.29, 0.717) is 12.6 Å². The molecule has 0 aromatic rings. The number of alkyl halides is 1. The molecule has 7 heteroatoms. The van der Waals surface area contributed by atoms with Crippen molar-refractivity contribution in [1.29, 1.82) is 5.26 Å². The maximum atomic E-state index is 12.6. The van der Waals surface area contributed by atoms with Crippen molar-refractivity contribution >= 4 is 0 Å². The third kappa shape index (κ3) is 5.16. The van der Waals surface area contributed by atoms with Gasteiger partial charge in [0.15, 0.2) is 0 Å². The molecule has 28 heavy (non-hydrogen) atoms. The van der Waals surface area contributed by atoms with Gasteiger partial charge in [-0.1, -0.05) is 6.42 Å². The Kier molecular flexibility index (Phi) is 7.94. The van der Waals surface area contributed by atoms with Crippen LogP contribution in [0.1, 0.15) is 38.5 Å². The Hall–Kier alpha value is -1.83. The van der Waals surface area contributed by atoms with Crippen LogP contribution in [0.3, 0.4) is 0 Å². The summed E-state index contributed by atoms with van der Waals surface area (Å²) in [5.74, 6) is 0.847. The van der Waals surface area contributed by atoms with Crippen LogP contribution in [0.4, 0.5) is 4.39 Å². The zero-order valence-corrected chi connectivity index (χ0v) is 17.0. The van der Waals surface area contributed by atoms with E-state index < -0.39 is 0 Å². The van der Waals surface area contributed by atoms with Crippen molar-refractivity contribution in [2.24, 2.45) is 0 Å². The SMILES string of the molecule is [C-]#[N+]/C(C#N)=C1\N(CCCN2CCCCC2)CCN1C1CCN(CCF)CC1. The van der Waals surface area contributed by atoms with E-state index in [-0.39, 0.29) is 12.4 Å². The van der Waals surface area contributed by atoms with Crippen LogP contribution in [0.5, 0.6) is 0 Å². The van der Waals surface area contributed by atoms with Gasteiger partial charge in [0, 0.05) is 45.3 Å². The fourth-order valence-electron chi connectivity index (χ4n) is 4.85. The van der Waals surface area contributed by atoms with Crippen LogP contribution in [0.15, 0.2) is 11.5 Å². The molecule has 0 aliphatic carbocycles. The maximum absolute atomic E-state index is 12.6. The molecule has 0 aromatic heterocycles. The van der Waals surface area contributed by atoms with Gasteiger partial charge in [-0.25, -0.2) is 14.5 Å². The van der Waals surface area contributed by atoms with Crippen molar-refractivity contribution in [3.05, 3.63) is 22.9 Å². The first-order valence-corrected chi connectivity index (χ1v) is 10.8. The number of piperidine rings is 2. The van der Waals surface area contributed by atoms with Crippen molar-refractivity contribution in [1.82, 2.24) is 19.6 Å². The van der Waals surface area contributed by atoms with Gasteiger partial charge in [0.25, 0.3) is 0 Å². The summed E-state index contributed by atoms with van der Waals surface area (Å²) in [6.07, 6.45) is 6.98. The van der Waals surface area contributed by atoms with Gasteiger partial charge in [0.2, 0.25) is 0 Å². The first kappa shape index (κ1) is 20.9. The molecule has 3 heterocycles. The topological polar surface area (TPSA) is 41.1 Å². The van der Waals surface area contributed by atoms with Gasteiger partial charge in [-0.3, -0.25) is 0 Å². The third-order valence-electron chi connectivity index (χ3n) is 6.36. The van der Waals surface area contributed by atoms with E-state index in [4.69, 9.17) is 6.57 Å². The number of nitriles is 1. The van der Waals surface area contributed by atoms with Crippen LogP contribution in [0.25, 0.3) is 4.85 Å². The third-order valence-corrected chi connectivity index (χ3v) is 6.36. The molecule has 3 rings (SSSR count). The van der Waals surface area contributed by atoms with Crippen LogP contribution in [0, 0.1) is 17.9 Å². The summed E-state index contributed by atoms with van der Waals surface area (Å²) in [6, 6.07) is 2.48. The highest BCUT2D eigenvalue weighted by atomic mass is 19.1. The molecule has 0 amide bonds. The van der Waals surface area contributed by atoms with Crippen molar-refractivity contribution < 1.29 is 4.39 Å². The summed E-state index contributed by atoms with van der Waals surface area (Å²) in [4.78, 5) is 12.8. The Morgan fingerprint density at radius 2 is 1.71 bits per heavy atom. The number of rotatable bonds is 7. The number of likely N-dealkylation sites (tertiary alicyclic amines) is 2.